The Balaban J connectivity index is 1.96. The molecule has 1 aliphatic heterocycles. The van der Waals surface area contributed by atoms with Gasteiger partial charge in [0.25, 0.3) is 0 Å². The Morgan fingerprint density at radius 3 is 2.59 bits per heavy atom. The monoisotopic (exact) mass is 307 g/mol. The van der Waals surface area contributed by atoms with Gasteiger partial charge in [0.05, 0.1) is 27.2 Å². The van der Waals surface area contributed by atoms with Gasteiger partial charge in [-0.25, -0.2) is 0 Å². The highest BCUT2D eigenvalue weighted by molar-refractivity contribution is 5.86. The van der Waals surface area contributed by atoms with Crippen LogP contribution >= 0.6 is 0 Å². The Morgan fingerprint density at radius 1 is 1.23 bits per heavy atom. The van der Waals surface area contributed by atoms with E-state index in [1.807, 2.05) is 18.2 Å². The zero-order valence-electron chi connectivity index (χ0n) is 13.1. The van der Waals surface area contributed by atoms with E-state index in [4.69, 9.17) is 14.2 Å². The second-order valence-corrected chi connectivity index (χ2v) is 5.20. The van der Waals surface area contributed by atoms with E-state index in [2.05, 4.69) is 0 Å². The number of ether oxygens (including phenoxy) is 3. The van der Waals surface area contributed by atoms with Gasteiger partial charge in [0, 0.05) is 19.5 Å². The number of esters is 1. The lowest BCUT2D eigenvalue weighted by Crippen LogP contribution is -2.28. The van der Waals surface area contributed by atoms with Crippen molar-refractivity contribution < 1.29 is 23.8 Å². The van der Waals surface area contributed by atoms with Crippen LogP contribution in [-0.4, -0.2) is 51.2 Å². The van der Waals surface area contributed by atoms with Crippen LogP contribution in [0, 0.1) is 5.92 Å². The third-order valence-electron chi connectivity index (χ3n) is 3.87. The zero-order chi connectivity index (χ0) is 16.1. The van der Waals surface area contributed by atoms with E-state index in [-0.39, 0.29) is 24.2 Å². The molecule has 1 aliphatic rings. The van der Waals surface area contributed by atoms with Crippen molar-refractivity contribution in [2.45, 2.75) is 12.8 Å². The van der Waals surface area contributed by atoms with Gasteiger partial charge in [-0.15, -0.1) is 0 Å². The zero-order valence-corrected chi connectivity index (χ0v) is 13.1. The number of nitrogens with zero attached hydrogens (tertiary/aromatic N) is 1. The van der Waals surface area contributed by atoms with Gasteiger partial charge in [0.1, 0.15) is 0 Å². The summed E-state index contributed by atoms with van der Waals surface area (Å²) in [5.74, 6) is 0.676. The van der Waals surface area contributed by atoms with Crippen molar-refractivity contribution in [3.05, 3.63) is 23.8 Å². The van der Waals surface area contributed by atoms with Crippen LogP contribution in [0.2, 0.25) is 0 Å². The number of carbonyl (C=O) groups is 2. The van der Waals surface area contributed by atoms with Gasteiger partial charge in [-0.1, -0.05) is 6.07 Å². The number of methoxy groups -OCH3 is 3. The fourth-order valence-electron chi connectivity index (χ4n) is 2.61. The summed E-state index contributed by atoms with van der Waals surface area (Å²) in [6, 6.07) is 5.69. The molecule has 6 heteroatoms. The number of rotatable bonds is 6. The number of amides is 1. The van der Waals surface area contributed by atoms with Crippen LogP contribution in [0.25, 0.3) is 0 Å². The molecular weight excluding hydrogens is 286 g/mol. The minimum Gasteiger partial charge on any atom is -0.493 e. The Bertz CT molecular complexity index is 557. The van der Waals surface area contributed by atoms with Gasteiger partial charge < -0.3 is 19.1 Å². The van der Waals surface area contributed by atoms with Crippen LogP contribution in [0.15, 0.2) is 18.2 Å². The highest BCUT2D eigenvalue weighted by Crippen LogP contribution is 2.28. The lowest BCUT2D eigenvalue weighted by molar-refractivity contribution is -0.145. The van der Waals surface area contributed by atoms with Crippen LogP contribution in [-0.2, 0) is 20.7 Å². The molecule has 1 aromatic carbocycles. The summed E-state index contributed by atoms with van der Waals surface area (Å²) in [4.78, 5) is 25.1. The number of hydrogen-bond acceptors (Lipinski definition) is 5. The van der Waals surface area contributed by atoms with Crippen molar-refractivity contribution in [2.24, 2.45) is 5.92 Å². The molecule has 2 rings (SSSR count). The Morgan fingerprint density at radius 2 is 1.95 bits per heavy atom. The molecule has 1 aromatic rings. The van der Waals surface area contributed by atoms with Crippen molar-refractivity contribution >= 4 is 11.9 Å². The first kappa shape index (κ1) is 16.1. The fraction of sp³-hybridized carbons (Fsp3) is 0.500. The maximum absolute atomic E-state index is 11.9. The Labute approximate surface area is 129 Å². The van der Waals surface area contributed by atoms with E-state index < -0.39 is 0 Å². The quantitative estimate of drug-likeness (QED) is 0.741. The van der Waals surface area contributed by atoms with Crippen molar-refractivity contribution in [1.82, 2.24) is 4.90 Å². The molecule has 1 saturated heterocycles. The van der Waals surface area contributed by atoms with Gasteiger partial charge in [0.15, 0.2) is 11.5 Å². The van der Waals surface area contributed by atoms with Crippen LogP contribution in [0.5, 0.6) is 11.5 Å². The fourth-order valence-corrected chi connectivity index (χ4v) is 2.61. The summed E-state index contributed by atoms with van der Waals surface area (Å²) >= 11 is 0. The molecule has 0 N–H and O–H groups in total. The molecule has 0 aliphatic carbocycles. The highest BCUT2D eigenvalue weighted by Gasteiger charge is 2.34. The van der Waals surface area contributed by atoms with Gasteiger partial charge in [-0.2, -0.15) is 0 Å². The molecule has 6 nitrogen and oxygen atoms in total. The van der Waals surface area contributed by atoms with E-state index in [9.17, 15) is 9.59 Å². The minimum atomic E-state index is -0.345. The first-order valence-corrected chi connectivity index (χ1v) is 7.15. The molecule has 0 saturated carbocycles. The standard InChI is InChI=1S/C16H21NO5/c1-20-13-5-4-11(8-14(13)21-2)6-7-17-10-12(9-15(17)18)16(19)22-3/h4-5,8,12H,6-7,9-10H2,1-3H3. The van der Waals surface area contributed by atoms with Crippen molar-refractivity contribution in [2.75, 3.05) is 34.4 Å². The van der Waals surface area contributed by atoms with Crippen molar-refractivity contribution in [3.8, 4) is 11.5 Å². The summed E-state index contributed by atoms with van der Waals surface area (Å²) in [6.45, 7) is 1.00. The number of likely N-dealkylation sites (tertiary alicyclic amines) is 1. The number of hydrogen-bond donors (Lipinski definition) is 0. The van der Waals surface area contributed by atoms with Crippen molar-refractivity contribution in [1.29, 1.82) is 0 Å². The van der Waals surface area contributed by atoms with E-state index in [1.54, 1.807) is 19.1 Å². The van der Waals surface area contributed by atoms with Crippen LogP contribution in [0.3, 0.4) is 0 Å². The Hall–Kier alpha value is -2.24. The molecule has 0 aromatic heterocycles. The summed E-state index contributed by atoms with van der Waals surface area (Å²) in [7, 11) is 4.53. The van der Waals surface area contributed by atoms with E-state index >= 15 is 0 Å². The largest absolute Gasteiger partial charge is 0.493 e. The minimum absolute atomic E-state index is 0.00382. The second kappa shape index (κ2) is 7.15. The SMILES string of the molecule is COC(=O)C1CC(=O)N(CCc2ccc(OC)c(OC)c2)C1. The third-order valence-corrected chi connectivity index (χ3v) is 3.87. The maximum atomic E-state index is 11.9. The van der Waals surface area contributed by atoms with E-state index in [0.29, 0.717) is 31.0 Å². The van der Waals surface area contributed by atoms with Crippen LogP contribution < -0.4 is 9.47 Å². The third kappa shape index (κ3) is 3.50. The summed E-state index contributed by atoms with van der Waals surface area (Å²) < 4.78 is 15.2. The second-order valence-electron chi connectivity index (χ2n) is 5.20. The highest BCUT2D eigenvalue weighted by atomic mass is 16.5. The molecule has 1 atom stereocenters. The van der Waals surface area contributed by atoms with Crippen LogP contribution in [0.4, 0.5) is 0 Å². The van der Waals surface area contributed by atoms with Gasteiger partial charge >= 0.3 is 5.97 Å². The molecule has 1 amide bonds. The van der Waals surface area contributed by atoms with Crippen molar-refractivity contribution in [3.63, 3.8) is 0 Å². The predicted molar refractivity (Wildman–Crippen MR) is 80.0 cm³/mol. The first-order chi connectivity index (χ1) is 10.6. The van der Waals surface area contributed by atoms with Crippen LogP contribution in [0.1, 0.15) is 12.0 Å². The maximum Gasteiger partial charge on any atom is 0.310 e. The smallest absolute Gasteiger partial charge is 0.310 e. The van der Waals surface area contributed by atoms with Gasteiger partial charge in [-0.3, -0.25) is 9.59 Å². The average molecular weight is 307 g/mol. The Kier molecular flexibility index (Phi) is 5.25. The molecule has 0 bridgehead atoms. The van der Waals surface area contributed by atoms with Gasteiger partial charge in [0.2, 0.25) is 5.91 Å². The molecule has 0 radical (unpaired) electrons. The first-order valence-electron chi connectivity index (χ1n) is 7.15. The summed E-state index contributed by atoms with van der Waals surface area (Å²) in [5.41, 5.74) is 1.05. The summed E-state index contributed by atoms with van der Waals surface area (Å²) in [6.07, 6.45) is 0.929. The summed E-state index contributed by atoms with van der Waals surface area (Å²) in [5, 5.41) is 0. The van der Waals surface area contributed by atoms with Gasteiger partial charge in [-0.05, 0) is 24.1 Å². The molecule has 1 fully saturated rings. The topological polar surface area (TPSA) is 65.1 Å². The molecule has 120 valence electrons. The molecule has 0 spiro atoms. The molecular formula is C16H21NO5. The normalized spacial score (nSPS) is 17.5. The molecule has 1 heterocycles. The molecule has 22 heavy (non-hydrogen) atoms. The lowest BCUT2D eigenvalue weighted by Gasteiger charge is -2.16. The van der Waals surface area contributed by atoms with E-state index in [0.717, 1.165) is 5.56 Å². The number of carbonyl (C=O) groups excluding carboxylic acids is 2. The molecule has 1 unspecified atom stereocenters. The van der Waals surface area contributed by atoms with E-state index in [1.165, 1.54) is 7.11 Å². The lowest BCUT2D eigenvalue weighted by atomic mass is 10.1. The average Bonchev–Trinajstić information content (AvgIpc) is 2.92. The predicted octanol–water partition coefficient (Wildman–Crippen LogP) is 1.27. The number of benzene rings is 1.